The number of nitrogens with one attached hydrogen (secondary N) is 5. The molecule has 2 heterocycles. The molecule has 6 aromatic carbocycles. The summed E-state index contributed by atoms with van der Waals surface area (Å²) >= 11 is 12.3. The van der Waals surface area contributed by atoms with E-state index in [1.807, 2.05) is 65.8 Å². The van der Waals surface area contributed by atoms with Crippen molar-refractivity contribution in [2.75, 3.05) is 10.6 Å². The van der Waals surface area contributed by atoms with Gasteiger partial charge in [0, 0.05) is 59.2 Å². The molecule has 21 nitrogen and oxygen atoms in total. The van der Waals surface area contributed by atoms with Gasteiger partial charge >= 0.3 is 5.97 Å². The van der Waals surface area contributed by atoms with Gasteiger partial charge in [0.05, 0.1) is 10.5 Å². The topological polar surface area (TPSA) is 302 Å². The van der Waals surface area contributed by atoms with Gasteiger partial charge in [-0.15, -0.1) is 13.2 Å². The van der Waals surface area contributed by atoms with Crippen molar-refractivity contribution in [2.45, 2.75) is 152 Å². The molecule has 0 radical (unpaired) electrons. The number of aliphatic carboxylic acids is 1. The third-order valence-electron chi connectivity index (χ3n) is 18.7. The summed E-state index contributed by atoms with van der Waals surface area (Å²) in [4.78, 5) is 85.9. The molecule has 2 aliphatic heterocycles. The van der Waals surface area contributed by atoms with Crippen molar-refractivity contribution in [2.24, 2.45) is 27.8 Å². The molecule has 8 N–H and O–H groups in total. The first-order chi connectivity index (χ1) is 47.5. The minimum Gasteiger partial charge on any atom is -0.479 e. The molecule has 536 valence electrons. The van der Waals surface area contributed by atoms with E-state index < -0.39 is 119 Å². The highest BCUT2D eigenvalue weighted by atomic mass is 35.5. The summed E-state index contributed by atoms with van der Waals surface area (Å²) in [6.07, 6.45) is 6.12. The number of carbonyl (C=O) groups excluding carboxylic acids is 5. The van der Waals surface area contributed by atoms with Crippen LogP contribution in [0.25, 0.3) is 0 Å². The van der Waals surface area contributed by atoms with Crippen LogP contribution in [-0.4, -0.2) is 113 Å². The van der Waals surface area contributed by atoms with Gasteiger partial charge in [0.1, 0.15) is 69.9 Å². The Labute approximate surface area is 596 Å². The smallest absolute Gasteiger partial charge is 0.330 e. The highest BCUT2D eigenvalue weighted by Gasteiger charge is 2.63. The molecular formula is C74H82Cl2F2N8O13S2. The van der Waals surface area contributed by atoms with Gasteiger partial charge < -0.3 is 45.6 Å². The number of carboxylic acid groups (broad SMARTS) is 1. The summed E-state index contributed by atoms with van der Waals surface area (Å²) in [5.74, 6) is -3.47. The minimum absolute atomic E-state index is 0.0710. The van der Waals surface area contributed by atoms with Crippen LogP contribution in [0.15, 0.2) is 159 Å². The van der Waals surface area contributed by atoms with E-state index >= 15 is 0 Å². The second kappa shape index (κ2) is 29.6. The van der Waals surface area contributed by atoms with Crippen LogP contribution in [0.1, 0.15) is 102 Å². The van der Waals surface area contributed by atoms with Gasteiger partial charge in [-0.1, -0.05) is 101 Å². The van der Waals surface area contributed by atoms with Crippen LogP contribution in [0, 0.1) is 34.3 Å². The maximum atomic E-state index is 14.6. The average molecular weight is 1460 g/mol. The fourth-order valence-corrected chi connectivity index (χ4v) is 14.8. The molecule has 4 aliphatic carbocycles. The van der Waals surface area contributed by atoms with Crippen molar-refractivity contribution in [1.82, 2.24) is 25.2 Å². The van der Waals surface area contributed by atoms with Crippen LogP contribution < -0.4 is 40.6 Å². The monoisotopic (exact) mass is 1460 g/mol. The summed E-state index contributed by atoms with van der Waals surface area (Å²) in [6, 6.07) is 32.5. The Balaban J connectivity index is 0.000000200. The molecule has 4 saturated carbocycles. The standard InChI is InChI=1S/C37H40ClFN4O6S.C34H35ClFN3O5.C3H7NO2S/c1-5-24-20-37(24,35(46)42-50(47,48)30-15-16-30)41-33(44)31-18-23-17-29(49-28-8-6-7-25(38)19-28)14-9-22(23)21-43(31)34(45)32(36(2,3)4)40-27-12-10-26(39)11-13-27;1-5-22-18-34(22,32(42)43)38-30(40)28-16-21-15-27(44-26-8-6-7-23(35)17-26)14-9-20(21)19-39(28)31(41)29(33(2,3)4)37-25-12-10-24(36)11-13-25;4-7(5,6)3-1-2-3/h5-14,17,19,24,30-32,40H,1,15-16,18,20-21H2,2-4H3,(H,41,44)(H,42,46);5-15,17,22,28-29,37H,1,16,18-19H2,2-4H3,(H,38,40)(H,42,43);3H,1-2H2,(H2,4,5,6)/t24-,31?,32-,37-;22-,28?,29-,34-;/m11./s1. The third-order valence-corrected chi connectivity index (χ3v) is 22.3. The number of halogens is 4. The second-order valence-corrected chi connectivity index (χ2v) is 33.2. The van der Waals surface area contributed by atoms with E-state index in [1.54, 1.807) is 84.9 Å². The minimum atomic E-state index is -3.88. The molecule has 0 spiro atoms. The molecule has 0 bridgehead atoms. The lowest BCUT2D eigenvalue weighted by atomic mass is 9.84. The summed E-state index contributed by atoms with van der Waals surface area (Å²) in [6.45, 7) is 19.0. The van der Waals surface area contributed by atoms with E-state index in [9.17, 15) is 59.5 Å². The average Bonchev–Trinajstić information content (AvgIpc) is 1.71. The van der Waals surface area contributed by atoms with E-state index in [0.717, 1.165) is 35.1 Å². The van der Waals surface area contributed by atoms with E-state index in [2.05, 4.69) is 39.1 Å². The molecule has 101 heavy (non-hydrogen) atoms. The molecule has 6 aromatic rings. The van der Waals surface area contributed by atoms with E-state index in [1.165, 1.54) is 46.2 Å². The molecule has 5 amide bonds. The zero-order valence-electron chi connectivity index (χ0n) is 56.6. The van der Waals surface area contributed by atoms with Gasteiger partial charge in [-0.3, -0.25) is 28.7 Å². The summed E-state index contributed by atoms with van der Waals surface area (Å²) in [5.41, 5.74) is 0.0408. The molecule has 27 heteroatoms. The van der Waals surface area contributed by atoms with Crippen LogP contribution in [0.5, 0.6) is 23.0 Å². The number of nitrogens with two attached hydrogens (primary N) is 1. The molecule has 0 aromatic heterocycles. The highest BCUT2D eigenvalue weighted by molar-refractivity contribution is 7.91. The number of benzene rings is 6. The number of hydrogen-bond donors (Lipinski definition) is 7. The zero-order valence-corrected chi connectivity index (χ0v) is 59.8. The predicted molar refractivity (Wildman–Crippen MR) is 381 cm³/mol. The molecule has 8 atom stereocenters. The number of ether oxygens (including phenoxy) is 2. The second-order valence-electron chi connectivity index (χ2n) is 28.5. The van der Waals surface area contributed by atoms with Crippen molar-refractivity contribution in [3.8, 4) is 23.0 Å². The maximum Gasteiger partial charge on any atom is 0.330 e. The number of hydrogen-bond acceptors (Lipinski definition) is 14. The number of nitrogens with zero attached hydrogens (tertiary/aromatic N) is 2. The predicted octanol–water partition coefficient (Wildman–Crippen LogP) is 11.4. The Morgan fingerprint density at radius 1 is 0.574 bits per heavy atom. The van der Waals surface area contributed by atoms with Gasteiger partial charge in [-0.05, 0) is 181 Å². The lowest BCUT2D eigenvalue weighted by Gasteiger charge is -2.41. The normalized spacial score (nSPS) is 21.8. The first-order valence-corrected chi connectivity index (χ1v) is 36.9. The number of amides is 5. The van der Waals surface area contributed by atoms with E-state index in [0.29, 0.717) is 57.3 Å². The third kappa shape index (κ3) is 18.1. The fourth-order valence-electron chi connectivity index (χ4n) is 12.3. The lowest BCUT2D eigenvalue weighted by Crippen LogP contribution is -2.61. The van der Waals surface area contributed by atoms with Gasteiger partial charge in [-0.2, -0.15) is 0 Å². The Morgan fingerprint density at radius 3 is 1.30 bits per heavy atom. The molecule has 6 aliphatic rings. The number of carbonyl (C=O) groups is 6. The molecule has 2 unspecified atom stereocenters. The molecule has 12 rings (SSSR count). The Hall–Kier alpha value is -8.88. The maximum absolute atomic E-state index is 14.6. The molecule has 0 saturated heterocycles. The largest absolute Gasteiger partial charge is 0.479 e. The number of sulfonamides is 2. The number of anilines is 2. The quantitative estimate of drug-likeness (QED) is 0.0330. The van der Waals surface area contributed by atoms with Gasteiger partial charge in [0.25, 0.3) is 5.91 Å². The van der Waals surface area contributed by atoms with Gasteiger partial charge in [-0.25, -0.2) is 35.5 Å². The summed E-state index contributed by atoms with van der Waals surface area (Å²) in [7, 11) is -7.01. The highest BCUT2D eigenvalue weighted by Crippen LogP contribution is 2.47. The Bertz CT molecular complexity index is 4440. The van der Waals surface area contributed by atoms with E-state index in [-0.39, 0.29) is 55.8 Å². The number of fused-ring (bicyclic) bond motifs is 2. The lowest BCUT2D eigenvalue weighted by molar-refractivity contribution is -0.147. The van der Waals surface area contributed by atoms with Gasteiger partial charge in [0.15, 0.2) is 0 Å². The number of primary sulfonamides is 1. The fraction of sp³-hybridized carbons (Fsp3) is 0.378. The number of rotatable bonds is 21. The van der Waals surface area contributed by atoms with Gasteiger partial charge in [0.2, 0.25) is 43.7 Å². The first-order valence-electron chi connectivity index (χ1n) is 33.0. The first kappa shape index (κ1) is 74.8. The Morgan fingerprint density at radius 2 is 0.960 bits per heavy atom. The van der Waals surface area contributed by atoms with Crippen LogP contribution in [-0.2, 0) is 74.7 Å². The van der Waals surface area contributed by atoms with Crippen molar-refractivity contribution < 1.29 is 69.0 Å². The van der Waals surface area contributed by atoms with E-state index in [4.69, 9.17) is 37.8 Å². The molecular weight excluding hydrogens is 1380 g/mol. The Kier molecular flexibility index (Phi) is 21.9. The summed E-state index contributed by atoms with van der Waals surface area (Å²) < 4.78 is 87.3. The van der Waals surface area contributed by atoms with Crippen molar-refractivity contribution in [1.29, 1.82) is 0 Å². The zero-order chi connectivity index (χ0) is 73.3. The van der Waals surface area contributed by atoms with Crippen molar-refractivity contribution >= 4 is 90.1 Å². The number of carboxylic acids is 1. The van der Waals surface area contributed by atoms with Crippen molar-refractivity contribution in [3.63, 3.8) is 0 Å². The van der Waals surface area contributed by atoms with Crippen LogP contribution in [0.2, 0.25) is 10.0 Å². The van der Waals surface area contributed by atoms with Crippen molar-refractivity contribution in [3.05, 3.63) is 203 Å². The molecule has 4 fully saturated rings. The van der Waals surface area contributed by atoms with Crippen LogP contribution >= 0.6 is 23.2 Å². The van der Waals surface area contributed by atoms with Crippen LogP contribution in [0.4, 0.5) is 20.2 Å². The van der Waals surface area contributed by atoms with Crippen LogP contribution in [0.3, 0.4) is 0 Å². The SMILES string of the molecule is C=C[C@@H]1C[C@]1(NC(=O)C1Cc2cc(Oc3cccc(Cl)c3)ccc2CN1C(=O)[C@@H](Nc1ccc(F)cc1)C(C)(C)C)C(=O)NS(=O)(=O)C1CC1.C=C[C@@H]1C[C@]1(NC(=O)C1Cc2cc(Oc3cccc(Cl)c3)ccc2CN1C(=O)[C@@H](Nc1ccc(F)cc1)C(C)(C)C)C(=O)O.NS(=O)(=O)C1CC1. The summed E-state index contributed by atoms with van der Waals surface area (Å²) in [5, 5.41) is 26.9.